The lowest BCUT2D eigenvalue weighted by atomic mass is 10.2. The van der Waals surface area contributed by atoms with Crippen LogP contribution in [0.25, 0.3) is 10.9 Å². The van der Waals surface area contributed by atoms with Crippen molar-refractivity contribution in [3.63, 3.8) is 0 Å². The molecule has 2 rings (SSSR count). The summed E-state index contributed by atoms with van der Waals surface area (Å²) >= 11 is 0. The lowest BCUT2D eigenvalue weighted by molar-refractivity contribution is 0.0589. The molecular weight excluding hydrogens is 262 g/mol. The summed E-state index contributed by atoms with van der Waals surface area (Å²) in [7, 11) is 4.21. The average molecular weight is 275 g/mol. The van der Waals surface area contributed by atoms with E-state index < -0.39 is 5.97 Å². The number of aryl methyl sites for hydroxylation is 1. The van der Waals surface area contributed by atoms with Crippen LogP contribution in [-0.2, 0) is 11.8 Å². The minimum Gasteiger partial charge on any atom is -0.493 e. The van der Waals surface area contributed by atoms with Gasteiger partial charge in [0, 0.05) is 18.5 Å². The number of esters is 1. The minimum atomic E-state index is -0.618. The summed E-state index contributed by atoms with van der Waals surface area (Å²) < 4.78 is 11.1. The third kappa shape index (κ3) is 2.16. The number of fused-ring (bicyclic) bond motifs is 1. The van der Waals surface area contributed by atoms with E-state index in [0.29, 0.717) is 10.9 Å². The zero-order valence-electron chi connectivity index (χ0n) is 11.3. The van der Waals surface area contributed by atoms with E-state index in [1.807, 2.05) is 0 Å². The SMILES string of the molecule is COC(=O)c1cc(=O)c2cc(OC)c(=O)ccc2n1C. The molecule has 0 aliphatic rings. The number of carbonyl (C=O) groups excluding carboxylic acids is 1. The molecule has 1 heterocycles. The maximum Gasteiger partial charge on any atom is 0.354 e. The lowest BCUT2D eigenvalue weighted by Gasteiger charge is -2.08. The van der Waals surface area contributed by atoms with Gasteiger partial charge in [-0.15, -0.1) is 0 Å². The fourth-order valence-electron chi connectivity index (χ4n) is 1.98. The Morgan fingerprint density at radius 2 is 1.80 bits per heavy atom. The largest absolute Gasteiger partial charge is 0.493 e. The van der Waals surface area contributed by atoms with Crippen LogP contribution in [0.1, 0.15) is 10.5 Å². The third-order valence-corrected chi connectivity index (χ3v) is 3.06. The number of rotatable bonds is 2. The summed E-state index contributed by atoms with van der Waals surface area (Å²) in [5.41, 5.74) is -0.170. The molecule has 0 bridgehead atoms. The fraction of sp³-hybridized carbons (Fsp3) is 0.214. The van der Waals surface area contributed by atoms with E-state index in [-0.39, 0.29) is 22.3 Å². The molecule has 0 atom stereocenters. The first-order valence-electron chi connectivity index (χ1n) is 5.80. The first-order valence-corrected chi connectivity index (χ1v) is 5.80. The van der Waals surface area contributed by atoms with Gasteiger partial charge in [0.1, 0.15) is 5.69 Å². The van der Waals surface area contributed by atoms with Gasteiger partial charge in [-0.05, 0) is 18.2 Å². The second-order valence-corrected chi connectivity index (χ2v) is 4.15. The van der Waals surface area contributed by atoms with Gasteiger partial charge in [0.25, 0.3) is 0 Å². The van der Waals surface area contributed by atoms with Crippen LogP contribution in [0.4, 0.5) is 0 Å². The third-order valence-electron chi connectivity index (χ3n) is 3.06. The summed E-state index contributed by atoms with van der Waals surface area (Å²) in [6.07, 6.45) is 0. The second-order valence-electron chi connectivity index (χ2n) is 4.15. The van der Waals surface area contributed by atoms with Gasteiger partial charge in [0.2, 0.25) is 5.43 Å². The van der Waals surface area contributed by atoms with Crippen LogP contribution in [0.2, 0.25) is 0 Å². The fourth-order valence-corrected chi connectivity index (χ4v) is 1.98. The molecule has 0 N–H and O–H groups in total. The maximum absolute atomic E-state index is 12.1. The van der Waals surface area contributed by atoms with Crippen molar-refractivity contribution in [2.24, 2.45) is 7.05 Å². The molecule has 0 saturated carbocycles. The van der Waals surface area contributed by atoms with Crippen molar-refractivity contribution in [1.82, 2.24) is 4.57 Å². The number of methoxy groups -OCH3 is 2. The number of aromatic nitrogens is 1. The Balaban J connectivity index is 2.97. The predicted octanol–water partition coefficient (Wildman–Crippen LogP) is 0.694. The first-order chi connectivity index (χ1) is 9.49. The molecule has 0 unspecified atom stereocenters. The molecule has 0 amide bonds. The van der Waals surface area contributed by atoms with Gasteiger partial charge < -0.3 is 14.0 Å². The molecule has 20 heavy (non-hydrogen) atoms. The van der Waals surface area contributed by atoms with Crippen molar-refractivity contribution in [2.45, 2.75) is 0 Å². The van der Waals surface area contributed by atoms with E-state index in [0.717, 1.165) is 0 Å². The number of carbonyl (C=O) groups is 1. The van der Waals surface area contributed by atoms with Crippen molar-refractivity contribution in [3.8, 4) is 5.75 Å². The van der Waals surface area contributed by atoms with Gasteiger partial charge in [0.15, 0.2) is 11.2 Å². The van der Waals surface area contributed by atoms with Crippen LogP contribution in [0.5, 0.6) is 5.75 Å². The van der Waals surface area contributed by atoms with E-state index in [9.17, 15) is 14.4 Å². The summed E-state index contributed by atoms with van der Waals surface area (Å²) in [4.78, 5) is 35.5. The number of hydrogen-bond acceptors (Lipinski definition) is 5. The van der Waals surface area contributed by atoms with Crippen LogP contribution in [0.15, 0.2) is 33.9 Å². The van der Waals surface area contributed by atoms with Crippen molar-refractivity contribution in [1.29, 1.82) is 0 Å². The smallest absolute Gasteiger partial charge is 0.354 e. The number of ether oxygens (including phenoxy) is 2. The van der Waals surface area contributed by atoms with Gasteiger partial charge in [-0.1, -0.05) is 0 Å². The number of nitrogens with zero attached hydrogens (tertiary/aromatic N) is 1. The Morgan fingerprint density at radius 1 is 1.10 bits per heavy atom. The quantitative estimate of drug-likeness (QED) is 0.754. The van der Waals surface area contributed by atoms with Crippen molar-refractivity contribution in [2.75, 3.05) is 14.2 Å². The van der Waals surface area contributed by atoms with Crippen molar-refractivity contribution in [3.05, 3.63) is 50.4 Å². The minimum absolute atomic E-state index is 0.0721. The first kappa shape index (κ1) is 13.8. The molecule has 1 aromatic heterocycles. The molecule has 0 fully saturated rings. The molecule has 1 aromatic carbocycles. The van der Waals surface area contributed by atoms with E-state index in [4.69, 9.17) is 4.74 Å². The van der Waals surface area contributed by atoms with Crippen molar-refractivity contribution >= 4 is 16.9 Å². The van der Waals surface area contributed by atoms with Gasteiger partial charge >= 0.3 is 5.97 Å². The molecule has 6 nitrogen and oxygen atoms in total. The number of hydrogen-bond donors (Lipinski definition) is 0. The summed E-state index contributed by atoms with van der Waals surface area (Å²) in [5, 5.41) is 0.291. The summed E-state index contributed by atoms with van der Waals surface area (Å²) in [6, 6.07) is 5.33. The highest BCUT2D eigenvalue weighted by Gasteiger charge is 2.14. The van der Waals surface area contributed by atoms with E-state index >= 15 is 0 Å². The zero-order valence-corrected chi connectivity index (χ0v) is 11.3. The standard InChI is InChI=1S/C14H13NO5/c1-15-9-4-5-11(16)13(19-2)6-8(9)12(17)7-10(15)14(18)20-3/h4-7H,1-3H3. The van der Waals surface area contributed by atoms with E-state index in [2.05, 4.69) is 4.74 Å². The maximum atomic E-state index is 12.1. The van der Waals surface area contributed by atoms with Crippen LogP contribution < -0.4 is 15.6 Å². The molecule has 0 saturated heterocycles. The van der Waals surface area contributed by atoms with Gasteiger partial charge in [-0.3, -0.25) is 9.59 Å². The molecule has 0 aliphatic carbocycles. The normalized spacial score (nSPS) is 10.3. The molecule has 104 valence electrons. The van der Waals surface area contributed by atoms with Gasteiger partial charge in [0.05, 0.1) is 19.7 Å². The molecular formula is C14H13NO5. The van der Waals surface area contributed by atoms with Crippen LogP contribution in [0.3, 0.4) is 0 Å². The zero-order chi connectivity index (χ0) is 14.9. The topological polar surface area (TPSA) is 74.6 Å². The van der Waals surface area contributed by atoms with Crippen LogP contribution in [-0.4, -0.2) is 24.8 Å². The highest BCUT2D eigenvalue weighted by atomic mass is 16.5. The highest BCUT2D eigenvalue weighted by Crippen LogP contribution is 2.14. The Morgan fingerprint density at radius 3 is 2.40 bits per heavy atom. The summed E-state index contributed by atoms with van der Waals surface area (Å²) in [6.45, 7) is 0. The van der Waals surface area contributed by atoms with Crippen LogP contribution in [0, 0.1) is 0 Å². The number of pyridine rings is 1. The monoisotopic (exact) mass is 275 g/mol. The average Bonchev–Trinajstić information content (AvgIpc) is 2.61. The highest BCUT2D eigenvalue weighted by molar-refractivity contribution is 5.91. The Labute approximate surface area is 114 Å². The molecule has 6 heteroatoms. The lowest BCUT2D eigenvalue weighted by Crippen LogP contribution is -2.16. The predicted molar refractivity (Wildman–Crippen MR) is 73.4 cm³/mol. The van der Waals surface area contributed by atoms with Gasteiger partial charge in [-0.25, -0.2) is 4.79 Å². The Kier molecular flexibility index (Phi) is 3.56. The molecule has 0 spiro atoms. The van der Waals surface area contributed by atoms with Crippen molar-refractivity contribution < 1.29 is 14.3 Å². The Hall–Kier alpha value is -2.63. The summed E-state index contributed by atoms with van der Waals surface area (Å²) in [5.74, 6) is -0.546. The molecule has 0 aliphatic heterocycles. The van der Waals surface area contributed by atoms with Crippen LogP contribution >= 0.6 is 0 Å². The van der Waals surface area contributed by atoms with Gasteiger partial charge in [-0.2, -0.15) is 0 Å². The molecule has 2 aromatic rings. The Bertz CT molecular complexity index is 807. The second kappa shape index (κ2) is 5.16. The molecule has 0 radical (unpaired) electrons. The van der Waals surface area contributed by atoms with E-state index in [1.54, 1.807) is 7.05 Å². The van der Waals surface area contributed by atoms with E-state index in [1.165, 1.54) is 43.1 Å².